The lowest BCUT2D eigenvalue weighted by Crippen LogP contribution is -2.39. The molecule has 4 rings (SSSR count). The van der Waals surface area contributed by atoms with Crippen LogP contribution in [0.2, 0.25) is 0 Å². The molecule has 0 amide bonds. The number of ether oxygens (including phenoxy) is 2. The van der Waals surface area contributed by atoms with Crippen molar-refractivity contribution in [1.29, 1.82) is 0 Å². The van der Waals surface area contributed by atoms with Gasteiger partial charge in [0.1, 0.15) is 11.2 Å². The Hall–Kier alpha value is -2.32. The summed E-state index contributed by atoms with van der Waals surface area (Å²) in [7, 11) is 3.43. The third kappa shape index (κ3) is 2.06. The van der Waals surface area contributed by atoms with Crippen LogP contribution < -0.4 is 25.8 Å². The topological polar surface area (TPSA) is 73.0 Å². The zero-order chi connectivity index (χ0) is 17.0. The van der Waals surface area contributed by atoms with Crippen molar-refractivity contribution in [2.24, 2.45) is 5.73 Å². The van der Waals surface area contributed by atoms with Crippen LogP contribution in [0.15, 0.2) is 23.1 Å². The summed E-state index contributed by atoms with van der Waals surface area (Å²) >= 11 is 0. The Kier molecular flexibility index (Phi) is 3.40. The van der Waals surface area contributed by atoms with Crippen LogP contribution >= 0.6 is 0 Å². The van der Waals surface area contributed by atoms with E-state index < -0.39 is 5.82 Å². The average molecular weight is 334 g/mol. The minimum atomic E-state index is -0.485. The van der Waals surface area contributed by atoms with Gasteiger partial charge < -0.3 is 20.1 Å². The third-order valence-electron chi connectivity index (χ3n) is 4.74. The summed E-state index contributed by atoms with van der Waals surface area (Å²) in [5.74, 6) is -0.106. The molecule has 24 heavy (non-hydrogen) atoms. The highest BCUT2D eigenvalue weighted by Crippen LogP contribution is 2.40. The van der Waals surface area contributed by atoms with E-state index in [2.05, 4.69) is 0 Å². The molecule has 0 radical (unpaired) electrons. The fraction of sp³-hybridized carbons (Fsp3) is 0.438. The number of rotatable bonds is 2. The Labute approximate surface area is 137 Å². The standard InChI is InChI=1S/C16H19FN4O3/c1-19-8-24-16-14-9(12(22)3-4-21(14)19)5-10(17)15(16)20-6-11(18)13(7-20)23-2/h3-5,11,13H,6-8,18H2,1-2H3/t11-,13-/m0/s1. The number of aromatic nitrogens is 1. The number of halogens is 1. The van der Waals surface area contributed by atoms with Gasteiger partial charge in [-0.3, -0.25) is 14.5 Å². The Morgan fingerprint density at radius 2 is 2.21 bits per heavy atom. The first kappa shape index (κ1) is 15.2. The number of hydrogen-bond donors (Lipinski definition) is 1. The molecule has 2 aliphatic heterocycles. The summed E-state index contributed by atoms with van der Waals surface area (Å²) in [4.78, 5) is 14.0. The maximum atomic E-state index is 14.8. The molecule has 0 bridgehead atoms. The van der Waals surface area contributed by atoms with Gasteiger partial charge in [0.2, 0.25) is 0 Å². The normalized spacial score (nSPS) is 23.0. The second-order valence-corrected chi connectivity index (χ2v) is 6.23. The van der Waals surface area contributed by atoms with E-state index in [9.17, 15) is 9.18 Å². The molecular formula is C16H19FN4O3. The number of nitrogens with zero attached hydrogens (tertiary/aromatic N) is 3. The zero-order valence-corrected chi connectivity index (χ0v) is 13.5. The van der Waals surface area contributed by atoms with Gasteiger partial charge in [-0.15, -0.1) is 0 Å². The van der Waals surface area contributed by atoms with Crippen molar-refractivity contribution in [2.75, 3.05) is 43.9 Å². The predicted octanol–water partition coefficient (Wildman–Crippen LogP) is 0.221. The van der Waals surface area contributed by atoms with Crippen molar-refractivity contribution >= 4 is 16.6 Å². The van der Waals surface area contributed by atoms with Crippen molar-refractivity contribution in [3.63, 3.8) is 0 Å². The largest absolute Gasteiger partial charge is 0.467 e. The van der Waals surface area contributed by atoms with Crippen molar-refractivity contribution in [3.05, 3.63) is 34.4 Å². The molecular weight excluding hydrogens is 315 g/mol. The van der Waals surface area contributed by atoms with E-state index >= 15 is 0 Å². The van der Waals surface area contributed by atoms with E-state index in [1.165, 1.54) is 12.1 Å². The number of methoxy groups -OCH3 is 1. The summed E-state index contributed by atoms with van der Waals surface area (Å²) in [6.07, 6.45) is 1.50. The van der Waals surface area contributed by atoms with E-state index in [1.807, 2.05) is 21.6 Å². The number of anilines is 1. The highest BCUT2D eigenvalue weighted by molar-refractivity contribution is 5.92. The molecule has 1 fully saturated rings. The van der Waals surface area contributed by atoms with Crippen LogP contribution in [0.1, 0.15) is 0 Å². The summed E-state index contributed by atoms with van der Waals surface area (Å²) in [5, 5.41) is 2.11. The molecule has 1 saturated heterocycles. The summed E-state index contributed by atoms with van der Waals surface area (Å²) in [5.41, 5.74) is 6.74. The van der Waals surface area contributed by atoms with E-state index in [-0.39, 0.29) is 24.3 Å². The van der Waals surface area contributed by atoms with Gasteiger partial charge in [0.15, 0.2) is 23.7 Å². The van der Waals surface area contributed by atoms with Crippen LogP contribution in [0.5, 0.6) is 5.75 Å². The van der Waals surface area contributed by atoms with E-state index in [0.717, 1.165) is 0 Å². The van der Waals surface area contributed by atoms with Crippen LogP contribution in [-0.2, 0) is 4.74 Å². The Morgan fingerprint density at radius 1 is 1.42 bits per heavy atom. The molecule has 0 aliphatic carbocycles. The second kappa shape index (κ2) is 5.35. The van der Waals surface area contributed by atoms with Crippen LogP contribution in [-0.4, -0.2) is 50.8 Å². The monoisotopic (exact) mass is 334 g/mol. The van der Waals surface area contributed by atoms with Crippen LogP contribution in [0.25, 0.3) is 10.9 Å². The molecule has 0 saturated carbocycles. The molecule has 2 atom stereocenters. The minimum absolute atomic E-state index is 0.170. The third-order valence-corrected chi connectivity index (χ3v) is 4.74. The molecule has 0 unspecified atom stereocenters. The number of hydrogen-bond acceptors (Lipinski definition) is 6. The number of pyridine rings is 1. The van der Waals surface area contributed by atoms with Crippen molar-refractivity contribution in [2.45, 2.75) is 12.1 Å². The van der Waals surface area contributed by atoms with Gasteiger partial charge in [-0.05, 0) is 6.07 Å². The van der Waals surface area contributed by atoms with Crippen molar-refractivity contribution in [1.82, 2.24) is 4.68 Å². The van der Waals surface area contributed by atoms with E-state index in [4.69, 9.17) is 15.2 Å². The minimum Gasteiger partial charge on any atom is -0.467 e. The molecule has 0 spiro atoms. The second-order valence-electron chi connectivity index (χ2n) is 6.23. The fourth-order valence-electron chi connectivity index (χ4n) is 3.49. The molecule has 8 heteroatoms. The summed E-state index contributed by atoms with van der Waals surface area (Å²) in [6, 6.07) is 2.50. The molecule has 1 aromatic carbocycles. The predicted molar refractivity (Wildman–Crippen MR) is 88.8 cm³/mol. The van der Waals surface area contributed by atoms with Gasteiger partial charge in [-0.25, -0.2) is 4.39 Å². The van der Waals surface area contributed by atoms with Gasteiger partial charge in [-0.1, -0.05) is 0 Å². The molecule has 2 aliphatic rings. The molecule has 3 heterocycles. The zero-order valence-electron chi connectivity index (χ0n) is 13.5. The highest BCUT2D eigenvalue weighted by atomic mass is 19.1. The smallest absolute Gasteiger partial charge is 0.189 e. The van der Waals surface area contributed by atoms with Gasteiger partial charge in [0, 0.05) is 39.5 Å². The average Bonchev–Trinajstić information content (AvgIpc) is 2.93. The molecule has 128 valence electrons. The van der Waals surface area contributed by atoms with Crippen LogP contribution in [0, 0.1) is 5.82 Å². The fourth-order valence-corrected chi connectivity index (χ4v) is 3.49. The van der Waals surface area contributed by atoms with Gasteiger partial charge in [0.05, 0.1) is 17.5 Å². The Morgan fingerprint density at radius 3 is 2.92 bits per heavy atom. The summed E-state index contributed by atoms with van der Waals surface area (Å²) < 4.78 is 27.8. The molecule has 2 N–H and O–H groups in total. The lowest BCUT2D eigenvalue weighted by atomic mass is 10.1. The van der Waals surface area contributed by atoms with Gasteiger partial charge in [-0.2, -0.15) is 0 Å². The van der Waals surface area contributed by atoms with Crippen molar-refractivity contribution < 1.29 is 13.9 Å². The van der Waals surface area contributed by atoms with E-state index in [1.54, 1.807) is 13.3 Å². The SMILES string of the molecule is CO[C@H]1CN(c2c(F)cc3c(=O)ccn4c3c2OCN4C)C[C@@H]1N. The van der Waals surface area contributed by atoms with Crippen LogP contribution in [0.3, 0.4) is 0 Å². The van der Waals surface area contributed by atoms with Gasteiger partial charge >= 0.3 is 0 Å². The molecule has 2 aromatic rings. The summed E-state index contributed by atoms with van der Waals surface area (Å²) in [6.45, 7) is 1.20. The lowest BCUT2D eigenvalue weighted by molar-refractivity contribution is 0.108. The number of nitrogens with two attached hydrogens (primary N) is 1. The lowest BCUT2D eigenvalue weighted by Gasteiger charge is -2.33. The molecule has 7 nitrogen and oxygen atoms in total. The van der Waals surface area contributed by atoms with E-state index in [0.29, 0.717) is 35.4 Å². The maximum Gasteiger partial charge on any atom is 0.189 e. The first-order chi connectivity index (χ1) is 11.5. The highest BCUT2D eigenvalue weighted by Gasteiger charge is 2.35. The van der Waals surface area contributed by atoms with Crippen LogP contribution in [0.4, 0.5) is 10.1 Å². The maximum absolute atomic E-state index is 14.8. The Bertz CT molecular complexity index is 869. The van der Waals surface area contributed by atoms with Crippen molar-refractivity contribution in [3.8, 4) is 5.75 Å². The number of benzene rings is 1. The quantitative estimate of drug-likeness (QED) is 0.847. The first-order valence-electron chi connectivity index (χ1n) is 7.76. The molecule has 1 aromatic heterocycles. The van der Waals surface area contributed by atoms with Gasteiger partial charge in [0.25, 0.3) is 0 Å². The Balaban J connectivity index is 1.95. The first-order valence-corrected chi connectivity index (χ1v) is 7.76.